The summed E-state index contributed by atoms with van der Waals surface area (Å²) in [6.07, 6.45) is -9.21. The van der Waals surface area contributed by atoms with E-state index in [0.29, 0.717) is 12.1 Å². The van der Waals surface area contributed by atoms with Crippen LogP contribution in [0.15, 0.2) is 42.5 Å². The second-order valence-electron chi connectivity index (χ2n) is 4.76. The van der Waals surface area contributed by atoms with Crippen LogP contribution in [0.1, 0.15) is 21.5 Å². The number of phenols is 1. The van der Waals surface area contributed by atoms with Crippen molar-refractivity contribution in [3.63, 3.8) is 0 Å². The van der Waals surface area contributed by atoms with Crippen LogP contribution in [0.3, 0.4) is 0 Å². The van der Waals surface area contributed by atoms with E-state index in [0.717, 1.165) is 30.3 Å². The topological polar surface area (TPSA) is 49.3 Å². The van der Waals surface area contributed by atoms with Crippen LogP contribution in [0.25, 0.3) is 0 Å². The van der Waals surface area contributed by atoms with Gasteiger partial charge in [-0.1, -0.05) is 0 Å². The lowest BCUT2D eigenvalue weighted by Crippen LogP contribution is -2.13. The molecule has 3 nitrogen and oxygen atoms in total. The fraction of sp³-hybridized carbons (Fsp3) is 0.133. The molecule has 0 heterocycles. The van der Waals surface area contributed by atoms with Gasteiger partial charge in [0.1, 0.15) is 5.75 Å². The fourth-order valence-electron chi connectivity index (χ4n) is 1.84. The Morgan fingerprint density at radius 2 is 1.33 bits per heavy atom. The van der Waals surface area contributed by atoms with Gasteiger partial charge in [0, 0.05) is 5.69 Å². The summed E-state index contributed by atoms with van der Waals surface area (Å²) in [5.74, 6) is -1.85. The van der Waals surface area contributed by atoms with E-state index in [1.54, 1.807) is 0 Å². The Balaban J connectivity index is 2.18. The van der Waals surface area contributed by atoms with Gasteiger partial charge in [-0.15, -0.1) is 0 Å². The zero-order valence-corrected chi connectivity index (χ0v) is 11.7. The van der Waals surface area contributed by atoms with E-state index < -0.39 is 40.7 Å². The lowest BCUT2D eigenvalue weighted by Gasteiger charge is -2.11. The Morgan fingerprint density at radius 1 is 0.833 bits per heavy atom. The SMILES string of the molecule is O=C(Nc1ccc(C(F)(F)F)cc1)c1ccc(C(F)(F)F)cc1O. The van der Waals surface area contributed by atoms with Gasteiger partial charge in [-0.2, -0.15) is 26.3 Å². The maximum Gasteiger partial charge on any atom is 0.416 e. The molecule has 0 saturated heterocycles. The van der Waals surface area contributed by atoms with Crippen LogP contribution in [0.5, 0.6) is 5.75 Å². The maximum atomic E-state index is 12.5. The van der Waals surface area contributed by atoms with Crippen LogP contribution in [-0.4, -0.2) is 11.0 Å². The largest absolute Gasteiger partial charge is 0.507 e. The zero-order valence-electron chi connectivity index (χ0n) is 11.7. The second-order valence-corrected chi connectivity index (χ2v) is 4.76. The summed E-state index contributed by atoms with van der Waals surface area (Å²) in [7, 11) is 0. The van der Waals surface area contributed by atoms with Crippen LogP contribution in [0.2, 0.25) is 0 Å². The fourth-order valence-corrected chi connectivity index (χ4v) is 1.84. The first-order valence-electron chi connectivity index (χ1n) is 6.37. The number of amides is 1. The minimum absolute atomic E-state index is 0.00713. The monoisotopic (exact) mass is 349 g/mol. The molecule has 0 aliphatic heterocycles. The standard InChI is InChI=1S/C15H9F6NO2/c16-14(17,18)8-1-4-10(5-2-8)22-13(24)11-6-3-9(7-12(11)23)15(19,20)21/h1-7,23H,(H,22,24). The van der Waals surface area contributed by atoms with Gasteiger partial charge in [-0.25, -0.2) is 0 Å². The molecule has 0 bridgehead atoms. The van der Waals surface area contributed by atoms with E-state index in [2.05, 4.69) is 5.32 Å². The first-order valence-corrected chi connectivity index (χ1v) is 6.37. The minimum atomic E-state index is -4.68. The molecule has 0 spiro atoms. The summed E-state index contributed by atoms with van der Waals surface area (Å²) in [5.41, 5.74) is -2.50. The first kappa shape index (κ1) is 17.6. The van der Waals surface area contributed by atoms with Gasteiger partial charge >= 0.3 is 12.4 Å². The Labute approximate surface area is 131 Å². The first-order chi connectivity index (χ1) is 11.0. The van der Waals surface area contributed by atoms with Crippen molar-refractivity contribution in [3.05, 3.63) is 59.2 Å². The maximum absolute atomic E-state index is 12.5. The van der Waals surface area contributed by atoms with Gasteiger partial charge in [0.05, 0.1) is 16.7 Å². The summed E-state index contributed by atoms with van der Waals surface area (Å²) in [5, 5.41) is 11.7. The lowest BCUT2D eigenvalue weighted by atomic mass is 10.1. The Bertz CT molecular complexity index is 750. The minimum Gasteiger partial charge on any atom is -0.507 e. The molecule has 0 saturated carbocycles. The molecule has 24 heavy (non-hydrogen) atoms. The lowest BCUT2D eigenvalue weighted by molar-refractivity contribution is -0.138. The van der Waals surface area contributed by atoms with Crippen molar-refractivity contribution in [2.75, 3.05) is 5.32 Å². The highest BCUT2D eigenvalue weighted by molar-refractivity contribution is 6.06. The number of rotatable bonds is 2. The van der Waals surface area contributed by atoms with Gasteiger partial charge < -0.3 is 10.4 Å². The third-order valence-corrected chi connectivity index (χ3v) is 3.04. The van der Waals surface area contributed by atoms with Gasteiger partial charge in [-0.05, 0) is 42.5 Å². The van der Waals surface area contributed by atoms with Crippen LogP contribution in [0.4, 0.5) is 32.0 Å². The van der Waals surface area contributed by atoms with Crippen molar-refractivity contribution in [1.29, 1.82) is 0 Å². The van der Waals surface area contributed by atoms with Crippen LogP contribution in [0, 0.1) is 0 Å². The normalized spacial score (nSPS) is 12.1. The van der Waals surface area contributed by atoms with E-state index >= 15 is 0 Å². The summed E-state index contributed by atoms with van der Waals surface area (Å²) in [4.78, 5) is 11.9. The number of anilines is 1. The van der Waals surface area contributed by atoms with Crippen LogP contribution >= 0.6 is 0 Å². The van der Waals surface area contributed by atoms with Crippen molar-refractivity contribution in [2.45, 2.75) is 12.4 Å². The quantitative estimate of drug-likeness (QED) is 0.774. The van der Waals surface area contributed by atoms with Crippen molar-refractivity contribution < 1.29 is 36.2 Å². The van der Waals surface area contributed by atoms with Crippen molar-refractivity contribution in [3.8, 4) is 5.75 Å². The average Bonchev–Trinajstić information content (AvgIpc) is 2.45. The predicted octanol–water partition coefficient (Wildman–Crippen LogP) is 4.68. The Kier molecular flexibility index (Phi) is 4.46. The molecular weight excluding hydrogens is 340 g/mol. The van der Waals surface area contributed by atoms with E-state index in [4.69, 9.17) is 0 Å². The molecule has 2 N–H and O–H groups in total. The molecule has 2 aromatic rings. The summed E-state index contributed by atoms with van der Waals surface area (Å²) >= 11 is 0. The number of nitrogens with one attached hydrogen (secondary N) is 1. The van der Waals surface area contributed by atoms with Crippen molar-refractivity contribution in [2.24, 2.45) is 0 Å². The molecule has 2 rings (SSSR count). The molecule has 9 heteroatoms. The molecule has 0 fully saturated rings. The smallest absolute Gasteiger partial charge is 0.416 e. The molecule has 128 valence electrons. The number of alkyl halides is 6. The Hall–Kier alpha value is -2.71. The molecule has 0 unspecified atom stereocenters. The van der Waals surface area contributed by atoms with E-state index in [-0.39, 0.29) is 5.69 Å². The average molecular weight is 349 g/mol. The van der Waals surface area contributed by atoms with Crippen LogP contribution < -0.4 is 5.32 Å². The van der Waals surface area contributed by atoms with E-state index in [1.807, 2.05) is 0 Å². The number of carbonyl (C=O) groups is 1. The number of phenolic OH excluding ortho intramolecular Hbond substituents is 1. The molecule has 2 aromatic carbocycles. The molecule has 0 atom stereocenters. The molecule has 0 aromatic heterocycles. The predicted molar refractivity (Wildman–Crippen MR) is 72.5 cm³/mol. The molecule has 0 aliphatic carbocycles. The van der Waals surface area contributed by atoms with Gasteiger partial charge in [-0.3, -0.25) is 4.79 Å². The molecular formula is C15H9F6NO2. The van der Waals surface area contributed by atoms with E-state index in [9.17, 15) is 36.2 Å². The van der Waals surface area contributed by atoms with E-state index in [1.165, 1.54) is 0 Å². The molecule has 0 radical (unpaired) electrons. The number of hydrogen-bond acceptors (Lipinski definition) is 2. The zero-order chi connectivity index (χ0) is 18.1. The van der Waals surface area contributed by atoms with Crippen molar-refractivity contribution >= 4 is 11.6 Å². The third kappa shape index (κ3) is 3.98. The third-order valence-electron chi connectivity index (χ3n) is 3.04. The number of halogens is 6. The number of hydrogen-bond donors (Lipinski definition) is 2. The van der Waals surface area contributed by atoms with Crippen molar-refractivity contribution in [1.82, 2.24) is 0 Å². The highest BCUT2D eigenvalue weighted by Gasteiger charge is 2.32. The number of aromatic hydroxyl groups is 1. The summed E-state index contributed by atoms with van der Waals surface area (Å²) < 4.78 is 74.7. The number of carbonyl (C=O) groups excluding carboxylic acids is 1. The van der Waals surface area contributed by atoms with Gasteiger partial charge in [0.15, 0.2) is 0 Å². The Morgan fingerprint density at radius 3 is 1.79 bits per heavy atom. The second kappa shape index (κ2) is 6.06. The van der Waals surface area contributed by atoms with Gasteiger partial charge in [0.2, 0.25) is 0 Å². The highest BCUT2D eigenvalue weighted by atomic mass is 19.4. The highest BCUT2D eigenvalue weighted by Crippen LogP contribution is 2.33. The molecule has 0 aliphatic rings. The van der Waals surface area contributed by atoms with Gasteiger partial charge in [0.25, 0.3) is 5.91 Å². The summed E-state index contributed by atoms with van der Waals surface area (Å²) in [6, 6.07) is 5.23. The summed E-state index contributed by atoms with van der Waals surface area (Å²) in [6.45, 7) is 0. The number of benzene rings is 2. The van der Waals surface area contributed by atoms with Crippen LogP contribution in [-0.2, 0) is 12.4 Å². The molecule has 1 amide bonds.